The van der Waals surface area contributed by atoms with Crippen molar-refractivity contribution in [3.05, 3.63) is 29.8 Å². The van der Waals surface area contributed by atoms with Gasteiger partial charge in [-0.2, -0.15) is 0 Å². The van der Waals surface area contributed by atoms with E-state index in [9.17, 15) is 14.4 Å². The highest BCUT2D eigenvalue weighted by Gasteiger charge is 2.32. The second-order valence-electron chi connectivity index (χ2n) is 5.91. The molecular weight excluding hydrogens is 324 g/mol. The van der Waals surface area contributed by atoms with E-state index in [-0.39, 0.29) is 18.4 Å². The Kier molecular flexibility index (Phi) is 6.35. The molecule has 8 heteroatoms. The minimum absolute atomic E-state index is 0.166. The van der Waals surface area contributed by atoms with Crippen molar-refractivity contribution in [2.75, 3.05) is 26.7 Å². The van der Waals surface area contributed by atoms with Gasteiger partial charge in [0.2, 0.25) is 17.7 Å². The van der Waals surface area contributed by atoms with Gasteiger partial charge in [0.05, 0.1) is 19.6 Å². The molecule has 25 heavy (non-hydrogen) atoms. The SMILES string of the molecule is COc1ccccc1C1CNCCN1C(=O)C[C@H](NC(C)=O)C(N)=O. The van der Waals surface area contributed by atoms with Gasteiger partial charge < -0.3 is 26.0 Å². The van der Waals surface area contributed by atoms with E-state index in [4.69, 9.17) is 10.5 Å². The molecule has 0 radical (unpaired) electrons. The Morgan fingerprint density at radius 1 is 1.40 bits per heavy atom. The molecule has 0 spiro atoms. The highest BCUT2D eigenvalue weighted by atomic mass is 16.5. The molecule has 0 bridgehead atoms. The largest absolute Gasteiger partial charge is 0.496 e. The number of primary amides is 1. The van der Waals surface area contributed by atoms with Crippen LogP contribution in [0.4, 0.5) is 0 Å². The van der Waals surface area contributed by atoms with E-state index in [1.807, 2.05) is 24.3 Å². The average Bonchev–Trinajstić information content (AvgIpc) is 2.60. The summed E-state index contributed by atoms with van der Waals surface area (Å²) in [5.74, 6) is -0.678. The second kappa shape index (κ2) is 8.48. The number of carbonyl (C=O) groups is 3. The normalized spacial score (nSPS) is 18.3. The zero-order valence-corrected chi connectivity index (χ0v) is 14.5. The molecule has 0 saturated carbocycles. The number of carbonyl (C=O) groups excluding carboxylic acids is 3. The number of ether oxygens (including phenoxy) is 1. The van der Waals surface area contributed by atoms with Crippen LogP contribution in [0.3, 0.4) is 0 Å². The Morgan fingerprint density at radius 3 is 2.76 bits per heavy atom. The van der Waals surface area contributed by atoms with Crippen LogP contribution in [0.15, 0.2) is 24.3 Å². The molecule has 0 aromatic heterocycles. The maximum Gasteiger partial charge on any atom is 0.240 e. The number of nitrogens with two attached hydrogens (primary N) is 1. The van der Waals surface area contributed by atoms with E-state index in [1.165, 1.54) is 6.92 Å². The van der Waals surface area contributed by atoms with Crippen LogP contribution >= 0.6 is 0 Å². The average molecular weight is 348 g/mol. The number of hydrogen-bond donors (Lipinski definition) is 3. The molecule has 2 rings (SSSR count). The number of nitrogens with one attached hydrogen (secondary N) is 2. The standard InChI is InChI=1S/C17H24N4O4/c1-11(22)20-13(17(18)24)9-16(23)21-8-7-19-10-14(21)12-5-3-4-6-15(12)25-2/h3-6,13-14,19H,7-10H2,1-2H3,(H2,18,24)(H,20,22)/t13-,14?/m0/s1. The van der Waals surface area contributed by atoms with Gasteiger partial charge >= 0.3 is 0 Å². The minimum atomic E-state index is -1.02. The molecule has 8 nitrogen and oxygen atoms in total. The molecule has 4 N–H and O–H groups in total. The van der Waals surface area contributed by atoms with E-state index >= 15 is 0 Å². The van der Waals surface area contributed by atoms with Gasteiger partial charge in [0.15, 0.2) is 0 Å². The van der Waals surface area contributed by atoms with Crippen LogP contribution in [0.5, 0.6) is 5.75 Å². The van der Waals surface area contributed by atoms with Gasteiger partial charge in [-0.3, -0.25) is 14.4 Å². The Bertz CT molecular complexity index is 649. The van der Waals surface area contributed by atoms with Crippen LogP contribution in [-0.2, 0) is 14.4 Å². The third-order valence-electron chi connectivity index (χ3n) is 4.16. The summed E-state index contributed by atoms with van der Waals surface area (Å²) in [6, 6.07) is 6.27. The predicted molar refractivity (Wildman–Crippen MR) is 91.7 cm³/mol. The molecule has 3 amide bonds. The molecule has 1 saturated heterocycles. The number of nitrogens with zero attached hydrogens (tertiary/aromatic N) is 1. The maximum absolute atomic E-state index is 12.8. The van der Waals surface area contributed by atoms with Gasteiger partial charge in [-0.15, -0.1) is 0 Å². The van der Waals surface area contributed by atoms with Crippen LogP contribution in [0.2, 0.25) is 0 Å². The van der Waals surface area contributed by atoms with Crippen LogP contribution in [0.1, 0.15) is 24.9 Å². The van der Waals surface area contributed by atoms with Gasteiger partial charge in [0.25, 0.3) is 0 Å². The fourth-order valence-electron chi connectivity index (χ4n) is 2.98. The Balaban J connectivity index is 2.20. The van der Waals surface area contributed by atoms with Crippen molar-refractivity contribution < 1.29 is 19.1 Å². The van der Waals surface area contributed by atoms with E-state index in [2.05, 4.69) is 10.6 Å². The molecule has 136 valence electrons. The topological polar surface area (TPSA) is 114 Å². The monoisotopic (exact) mass is 348 g/mol. The van der Waals surface area contributed by atoms with Crippen molar-refractivity contribution in [1.82, 2.24) is 15.5 Å². The van der Waals surface area contributed by atoms with Crippen LogP contribution in [0.25, 0.3) is 0 Å². The van der Waals surface area contributed by atoms with E-state index < -0.39 is 17.9 Å². The third-order valence-corrected chi connectivity index (χ3v) is 4.16. The maximum atomic E-state index is 12.8. The van der Waals surface area contributed by atoms with Crippen molar-refractivity contribution >= 4 is 17.7 Å². The summed E-state index contributed by atoms with van der Waals surface area (Å²) in [6.45, 7) is 3.00. The van der Waals surface area contributed by atoms with E-state index in [0.717, 1.165) is 5.56 Å². The minimum Gasteiger partial charge on any atom is -0.496 e. The fourth-order valence-corrected chi connectivity index (χ4v) is 2.98. The second-order valence-corrected chi connectivity index (χ2v) is 5.91. The molecule has 1 aliphatic rings. The first-order valence-corrected chi connectivity index (χ1v) is 8.13. The van der Waals surface area contributed by atoms with Crippen LogP contribution < -0.4 is 21.1 Å². The summed E-state index contributed by atoms with van der Waals surface area (Å²) in [4.78, 5) is 37.2. The van der Waals surface area contributed by atoms with E-state index in [1.54, 1.807) is 12.0 Å². The molecule has 0 aliphatic carbocycles. The number of methoxy groups -OCH3 is 1. The fraction of sp³-hybridized carbons (Fsp3) is 0.471. The lowest BCUT2D eigenvalue weighted by Gasteiger charge is -2.37. The number of hydrogen-bond acceptors (Lipinski definition) is 5. The molecule has 1 unspecified atom stereocenters. The predicted octanol–water partition coefficient (Wildman–Crippen LogP) is -0.452. The van der Waals surface area contributed by atoms with Crippen molar-refractivity contribution in [3.8, 4) is 5.75 Å². The van der Waals surface area contributed by atoms with Gasteiger partial charge in [0, 0.05) is 32.1 Å². The van der Waals surface area contributed by atoms with E-state index in [0.29, 0.717) is 25.4 Å². The molecule has 1 heterocycles. The third kappa shape index (κ3) is 4.69. The zero-order valence-electron chi connectivity index (χ0n) is 14.5. The van der Waals surface area contributed by atoms with Crippen molar-refractivity contribution in [1.29, 1.82) is 0 Å². The van der Waals surface area contributed by atoms with Gasteiger partial charge in [-0.1, -0.05) is 18.2 Å². The van der Waals surface area contributed by atoms with Crippen molar-refractivity contribution in [3.63, 3.8) is 0 Å². The van der Waals surface area contributed by atoms with Gasteiger partial charge in [0.1, 0.15) is 11.8 Å². The van der Waals surface area contributed by atoms with Gasteiger partial charge in [-0.05, 0) is 6.07 Å². The first kappa shape index (κ1) is 18.7. The molecule has 1 aromatic carbocycles. The lowest BCUT2D eigenvalue weighted by atomic mass is 10.0. The number of piperazine rings is 1. The lowest BCUT2D eigenvalue weighted by Crippen LogP contribution is -2.52. The first-order valence-electron chi connectivity index (χ1n) is 8.13. The smallest absolute Gasteiger partial charge is 0.240 e. The quantitative estimate of drug-likeness (QED) is 0.644. The molecule has 2 atom stereocenters. The summed E-state index contributed by atoms with van der Waals surface area (Å²) in [7, 11) is 1.58. The summed E-state index contributed by atoms with van der Waals surface area (Å²) < 4.78 is 5.40. The summed E-state index contributed by atoms with van der Waals surface area (Å²) in [6.07, 6.45) is -0.166. The Hall–Kier alpha value is -2.61. The molecule has 1 fully saturated rings. The first-order chi connectivity index (χ1) is 11.9. The lowest BCUT2D eigenvalue weighted by molar-refractivity contribution is -0.137. The molecular formula is C17H24N4O4. The Labute approximate surface area is 146 Å². The number of amides is 3. The molecule has 1 aliphatic heterocycles. The highest BCUT2D eigenvalue weighted by Crippen LogP contribution is 2.30. The summed E-state index contributed by atoms with van der Waals surface area (Å²) in [5.41, 5.74) is 6.19. The molecule has 1 aromatic rings. The zero-order chi connectivity index (χ0) is 18.4. The number of benzene rings is 1. The number of para-hydroxylation sites is 1. The summed E-state index contributed by atoms with van der Waals surface area (Å²) in [5, 5.41) is 5.69. The Morgan fingerprint density at radius 2 is 2.12 bits per heavy atom. The highest BCUT2D eigenvalue weighted by molar-refractivity contribution is 5.90. The summed E-state index contributed by atoms with van der Waals surface area (Å²) >= 11 is 0. The van der Waals surface area contributed by atoms with Gasteiger partial charge in [-0.25, -0.2) is 0 Å². The van der Waals surface area contributed by atoms with Crippen LogP contribution in [0, 0.1) is 0 Å². The number of rotatable bonds is 6. The van der Waals surface area contributed by atoms with Crippen molar-refractivity contribution in [2.24, 2.45) is 5.73 Å². The van der Waals surface area contributed by atoms with Crippen molar-refractivity contribution in [2.45, 2.75) is 25.4 Å². The van der Waals surface area contributed by atoms with Crippen LogP contribution in [-0.4, -0.2) is 55.4 Å².